The maximum absolute atomic E-state index is 12.0. The summed E-state index contributed by atoms with van der Waals surface area (Å²) in [5, 5.41) is 3.07. The first-order chi connectivity index (χ1) is 10.3. The summed E-state index contributed by atoms with van der Waals surface area (Å²) in [7, 11) is 1.78. The molecule has 0 spiro atoms. The Kier molecular flexibility index (Phi) is 4.44. The average molecular weight is 288 g/mol. The predicted octanol–water partition coefficient (Wildman–Crippen LogP) is 2.96. The van der Waals surface area contributed by atoms with Gasteiger partial charge in [-0.25, -0.2) is 4.79 Å². The number of piperidine rings is 1. The normalized spacial score (nSPS) is 21.1. The minimum Gasteiger partial charge on any atom is -0.376 e. The minimum atomic E-state index is 0.115. The first-order valence-corrected chi connectivity index (χ1v) is 7.91. The summed E-state index contributed by atoms with van der Waals surface area (Å²) in [4.78, 5) is 14.0. The van der Waals surface area contributed by atoms with Crippen LogP contribution < -0.4 is 5.32 Å². The Bertz CT molecular complexity index is 465. The van der Waals surface area contributed by atoms with E-state index in [0.717, 1.165) is 38.8 Å². The minimum absolute atomic E-state index is 0.115. The lowest BCUT2D eigenvalue weighted by molar-refractivity contribution is 0.0255. The number of urea groups is 1. The molecule has 1 aliphatic heterocycles. The molecule has 1 N–H and O–H groups in total. The molecule has 2 fully saturated rings. The number of hydrogen-bond donors (Lipinski definition) is 1. The summed E-state index contributed by atoms with van der Waals surface area (Å²) in [6, 6.07) is 10.9. The van der Waals surface area contributed by atoms with Gasteiger partial charge in [0.05, 0.1) is 6.10 Å². The molecule has 1 aromatic carbocycles. The van der Waals surface area contributed by atoms with Gasteiger partial charge in [-0.1, -0.05) is 30.3 Å². The molecule has 1 atom stereocenters. The first kappa shape index (κ1) is 14.4. The van der Waals surface area contributed by atoms with Crippen LogP contribution in [0, 0.1) is 5.92 Å². The summed E-state index contributed by atoms with van der Waals surface area (Å²) in [5.74, 6) is 0.488. The van der Waals surface area contributed by atoms with E-state index in [4.69, 9.17) is 4.74 Å². The number of rotatable bonds is 4. The zero-order valence-electron chi connectivity index (χ0n) is 12.6. The molecule has 1 saturated heterocycles. The fraction of sp³-hybridized carbons (Fsp3) is 0.588. The summed E-state index contributed by atoms with van der Waals surface area (Å²) in [5.41, 5.74) is 1.24. The quantitative estimate of drug-likeness (QED) is 0.925. The van der Waals surface area contributed by atoms with E-state index in [1.165, 1.54) is 5.56 Å². The molecule has 0 aromatic heterocycles. The summed E-state index contributed by atoms with van der Waals surface area (Å²) < 4.78 is 5.73. The lowest BCUT2D eigenvalue weighted by atomic mass is 9.87. The molecular weight excluding hydrogens is 264 g/mol. The third kappa shape index (κ3) is 3.56. The Morgan fingerprint density at radius 1 is 1.19 bits per heavy atom. The Morgan fingerprint density at radius 2 is 1.86 bits per heavy atom. The highest BCUT2D eigenvalue weighted by Gasteiger charge is 2.31. The van der Waals surface area contributed by atoms with Crippen LogP contribution in [-0.2, 0) is 4.74 Å². The highest BCUT2D eigenvalue weighted by atomic mass is 16.5. The standard InChI is InChI=1S/C17H24N2O2/c1-21-16(13-5-3-2-4-6-13)14-9-11-19(12-10-14)17(20)18-15-7-8-15/h2-6,14-16H,7-12H2,1H3,(H,18,20). The van der Waals surface area contributed by atoms with Crippen molar-refractivity contribution in [3.63, 3.8) is 0 Å². The lowest BCUT2D eigenvalue weighted by Crippen LogP contribution is -2.45. The largest absolute Gasteiger partial charge is 0.376 e. The highest BCUT2D eigenvalue weighted by Crippen LogP contribution is 2.33. The number of nitrogens with zero attached hydrogens (tertiary/aromatic N) is 1. The van der Waals surface area contributed by atoms with Crippen molar-refractivity contribution in [1.29, 1.82) is 0 Å². The number of ether oxygens (including phenoxy) is 1. The van der Waals surface area contributed by atoms with Crippen LogP contribution in [0.3, 0.4) is 0 Å². The van der Waals surface area contributed by atoms with Crippen LogP contribution in [0.2, 0.25) is 0 Å². The van der Waals surface area contributed by atoms with Gasteiger partial charge in [-0.05, 0) is 37.2 Å². The van der Waals surface area contributed by atoms with E-state index in [9.17, 15) is 4.79 Å². The maximum atomic E-state index is 12.0. The summed E-state index contributed by atoms with van der Waals surface area (Å²) >= 11 is 0. The van der Waals surface area contributed by atoms with Crippen LogP contribution in [0.25, 0.3) is 0 Å². The zero-order valence-corrected chi connectivity index (χ0v) is 12.6. The molecule has 1 aromatic rings. The Morgan fingerprint density at radius 3 is 2.43 bits per heavy atom. The Balaban J connectivity index is 1.55. The molecular formula is C17H24N2O2. The van der Waals surface area contributed by atoms with Crippen molar-refractivity contribution in [2.45, 2.75) is 37.8 Å². The molecule has 4 heteroatoms. The molecule has 2 amide bonds. The van der Waals surface area contributed by atoms with E-state index in [-0.39, 0.29) is 12.1 Å². The topological polar surface area (TPSA) is 41.6 Å². The average Bonchev–Trinajstić information content (AvgIpc) is 3.34. The molecule has 3 rings (SSSR count). The van der Waals surface area contributed by atoms with Crippen LogP contribution in [0.15, 0.2) is 30.3 Å². The number of hydrogen-bond acceptors (Lipinski definition) is 2. The van der Waals surface area contributed by atoms with Crippen molar-refractivity contribution in [1.82, 2.24) is 10.2 Å². The molecule has 1 unspecified atom stereocenters. The van der Waals surface area contributed by atoms with Crippen LogP contribution in [0.5, 0.6) is 0 Å². The van der Waals surface area contributed by atoms with Gasteiger partial charge in [-0.2, -0.15) is 0 Å². The number of likely N-dealkylation sites (tertiary alicyclic amines) is 1. The third-order valence-electron chi connectivity index (χ3n) is 4.54. The fourth-order valence-corrected chi connectivity index (χ4v) is 3.14. The van der Waals surface area contributed by atoms with E-state index in [0.29, 0.717) is 12.0 Å². The summed E-state index contributed by atoms with van der Waals surface area (Å²) in [6.45, 7) is 1.66. The molecule has 21 heavy (non-hydrogen) atoms. The molecule has 1 heterocycles. The van der Waals surface area contributed by atoms with Crippen molar-refractivity contribution in [2.75, 3.05) is 20.2 Å². The number of methoxy groups -OCH3 is 1. The van der Waals surface area contributed by atoms with Crippen molar-refractivity contribution >= 4 is 6.03 Å². The molecule has 1 saturated carbocycles. The fourth-order valence-electron chi connectivity index (χ4n) is 3.14. The van der Waals surface area contributed by atoms with Gasteiger partial charge in [-0.3, -0.25) is 0 Å². The van der Waals surface area contributed by atoms with Crippen LogP contribution in [-0.4, -0.2) is 37.2 Å². The SMILES string of the molecule is COC(c1ccccc1)C1CCN(C(=O)NC2CC2)CC1. The number of carbonyl (C=O) groups is 1. The van der Waals surface area contributed by atoms with E-state index < -0.39 is 0 Å². The maximum Gasteiger partial charge on any atom is 0.317 e. The lowest BCUT2D eigenvalue weighted by Gasteiger charge is -2.35. The van der Waals surface area contributed by atoms with E-state index in [2.05, 4.69) is 29.6 Å². The second-order valence-corrected chi connectivity index (χ2v) is 6.12. The number of benzene rings is 1. The third-order valence-corrected chi connectivity index (χ3v) is 4.54. The summed E-state index contributed by atoms with van der Waals surface area (Å²) in [6.07, 6.45) is 4.43. The second-order valence-electron chi connectivity index (χ2n) is 6.12. The smallest absolute Gasteiger partial charge is 0.317 e. The van der Waals surface area contributed by atoms with Gasteiger partial charge in [0.15, 0.2) is 0 Å². The number of amides is 2. The van der Waals surface area contributed by atoms with Crippen LogP contribution in [0.4, 0.5) is 4.79 Å². The van der Waals surface area contributed by atoms with Crippen LogP contribution >= 0.6 is 0 Å². The van der Waals surface area contributed by atoms with Crippen LogP contribution in [0.1, 0.15) is 37.4 Å². The first-order valence-electron chi connectivity index (χ1n) is 7.91. The van der Waals surface area contributed by atoms with E-state index >= 15 is 0 Å². The van der Waals surface area contributed by atoms with E-state index in [1.807, 2.05) is 11.0 Å². The Hall–Kier alpha value is -1.55. The van der Waals surface area contributed by atoms with Crippen molar-refractivity contribution in [3.8, 4) is 0 Å². The van der Waals surface area contributed by atoms with Gasteiger partial charge >= 0.3 is 6.03 Å². The van der Waals surface area contributed by atoms with Gasteiger partial charge in [0, 0.05) is 26.2 Å². The molecule has 2 aliphatic rings. The van der Waals surface area contributed by atoms with Gasteiger partial charge in [0.2, 0.25) is 0 Å². The molecule has 4 nitrogen and oxygen atoms in total. The van der Waals surface area contributed by atoms with Crippen molar-refractivity contribution in [3.05, 3.63) is 35.9 Å². The molecule has 0 bridgehead atoms. The van der Waals surface area contributed by atoms with Gasteiger partial charge in [-0.15, -0.1) is 0 Å². The van der Waals surface area contributed by atoms with Gasteiger partial charge in [0.25, 0.3) is 0 Å². The Labute approximate surface area is 126 Å². The number of carbonyl (C=O) groups excluding carboxylic acids is 1. The second kappa shape index (κ2) is 6.48. The zero-order chi connectivity index (χ0) is 14.7. The molecule has 114 valence electrons. The molecule has 1 aliphatic carbocycles. The van der Waals surface area contributed by atoms with Crippen molar-refractivity contribution < 1.29 is 9.53 Å². The molecule has 0 radical (unpaired) electrons. The monoisotopic (exact) mass is 288 g/mol. The highest BCUT2D eigenvalue weighted by molar-refractivity contribution is 5.74. The number of nitrogens with one attached hydrogen (secondary N) is 1. The van der Waals surface area contributed by atoms with Gasteiger partial charge in [0.1, 0.15) is 0 Å². The van der Waals surface area contributed by atoms with Gasteiger partial charge < -0.3 is 15.0 Å². The van der Waals surface area contributed by atoms with Crippen molar-refractivity contribution in [2.24, 2.45) is 5.92 Å². The predicted molar refractivity (Wildman–Crippen MR) is 82.0 cm³/mol. The van der Waals surface area contributed by atoms with E-state index in [1.54, 1.807) is 7.11 Å².